The van der Waals surface area contributed by atoms with Crippen molar-refractivity contribution in [1.82, 2.24) is 5.32 Å². The number of allylic oxidation sites excluding steroid dienone is 6. The van der Waals surface area contributed by atoms with Crippen LogP contribution in [0.5, 0.6) is 5.75 Å². The van der Waals surface area contributed by atoms with Crippen molar-refractivity contribution in [2.75, 3.05) is 0 Å². The maximum absolute atomic E-state index is 12.9. The molecule has 2 amide bonds. The summed E-state index contributed by atoms with van der Waals surface area (Å²) in [7, 11) is 0. The van der Waals surface area contributed by atoms with Crippen LogP contribution >= 0.6 is 15.9 Å². The number of aromatic hydroxyl groups is 1. The second-order valence-corrected chi connectivity index (χ2v) is 8.70. The summed E-state index contributed by atoms with van der Waals surface area (Å²) in [4.78, 5) is 50.6. The third-order valence-electron chi connectivity index (χ3n) is 6.38. The third kappa shape index (κ3) is 2.60. The van der Waals surface area contributed by atoms with Crippen molar-refractivity contribution < 1.29 is 24.3 Å². The third-order valence-corrected chi connectivity index (χ3v) is 6.97. The van der Waals surface area contributed by atoms with Crippen LogP contribution in [0.25, 0.3) is 0 Å². The minimum atomic E-state index is -0.552. The van der Waals surface area contributed by atoms with Gasteiger partial charge in [-0.1, -0.05) is 23.8 Å². The van der Waals surface area contributed by atoms with E-state index in [0.717, 1.165) is 5.57 Å². The van der Waals surface area contributed by atoms with Crippen LogP contribution in [0.3, 0.4) is 0 Å². The number of nitrogens with one attached hydrogen (secondary N) is 1. The SMILES string of the molecule is O=C1C=C(Br)C(=O)C2=C1C(c1cccc(O)c1)C1=CCC3C(=O)NC(=O)C3C1C2. The molecule has 29 heavy (non-hydrogen) atoms. The normalized spacial score (nSPS) is 30.9. The van der Waals surface area contributed by atoms with E-state index in [0.29, 0.717) is 23.1 Å². The predicted octanol–water partition coefficient (Wildman–Crippen LogP) is 2.44. The molecule has 3 aliphatic carbocycles. The van der Waals surface area contributed by atoms with Crippen molar-refractivity contribution >= 4 is 39.3 Å². The van der Waals surface area contributed by atoms with Crippen LogP contribution in [0.15, 0.2) is 57.6 Å². The Labute approximate surface area is 174 Å². The monoisotopic (exact) mass is 453 g/mol. The van der Waals surface area contributed by atoms with Crippen LogP contribution in [0, 0.1) is 17.8 Å². The van der Waals surface area contributed by atoms with Crippen molar-refractivity contribution in [3.63, 3.8) is 0 Å². The highest BCUT2D eigenvalue weighted by Crippen LogP contribution is 2.54. The number of phenolic OH excluding ortho intramolecular Hbond substituents is 1. The molecule has 0 spiro atoms. The van der Waals surface area contributed by atoms with Crippen molar-refractivity contribution in [1.29, 1.82) is 0 Å². The van der Waals surface area contributed by atoms with E-state index in [9.17, 15) is 24.3 Å². The van der Waals surface area contributed by atoms with Gasteiger partial charge in [-0.25, -0.2) is 0 Å². The summed E-state index contributed by atoms with van der Waals surface area (Å²) in [6, 6.07) is 6.61. The van der Waals surface area contributed by atoms with Crippen LogP contribution in [-0.4, -0.2) is 28.5 Å². The summed E-state index contributed by atoms with van der Waals surface area (Å²) in [5.74, 6) is -2.95. The zero-order valence-electron chi connectivity index (χ0n) is 15.1. The van der Waals surface area contributed by atoms with Crippen molar-refractivity contribution in [2.24, 2.45) is 17.8 Å². The molecule has 0 bridgehead atoms. The van der Waals surface area contributed by atoms with Crippen molar-refractivity contribution in [3.05, 3.63) is 63.2 Å². The fraction of sp³-hybridized carbons (Fsp3) is 0.273. The molecule has 1 aliphatic heterocycles. The lowest BCUT2D eigenvalue weighted by Crippen LogP contribution is -2.39. The molecule has 4 atom stereocenters. The number of carbonyl (C=O) groups is 4. The minimum Gasteiger partial charge on any atom is -0.508 e. The lowest BCUT2D eigenvalue weighted by molar-refractivity contribution is -0.126. The number of rotatable bonds is 1. The Morgan fingerprint density at radius 3 is 2.62 bits per heavy atom. The van der Waals surface area contributed by atoms with Crippen LogP contribution in [-0.2, 0) is 19.2 Å². The van der Waals surface area contributed by atoms with Gasteiger partial charge in [-0.3, -0.25) is 24.5 Å². The number of carbonyl (C=O) groups excluding carboxylic acids is 4. The molecule has 4 aliphatic rings. The molecule has 0 radical (unpaired) electrons. The second-order valence-electron chi connectivity index (χ2n) is 7.84. The van der Waals surface area contributed by atoms with Gasteiger partial charge in [0.2, 0.25) is 11.8 Å². The average Bonchev–Trinajstić information content (AvgIpc) is 2.98. The van der Waals surface area contributed by atoms with E-state index in [4.69, 9.17) is 0 Å². The van der Waals surface area contributed by atoms with Crippen LogP contribution < -0.4 is 5.32 Å². The van der Waals surface area contributed by atoms with Crippen LogP contribution in [0.2, 0.25) is 0 Å². The van der Waals surface area contributed by atoms with Gasteiger partial charge in [-0.2, -0.15) is 0 Å². The van der Waals surface area contributed by atoms with E-state index in [1.807, 2.05) is 6.08 Å². The number of Topliss-reactive ketones (excluding diaryl/α,β-unsaturated/α-hetero) is 1. The fourth-order valence-electron chi connectivity index (χ4n) is 5.20. The van der Waals surface area contributed by atoms with E-state index in [2.05, 4.69) is 21.2 Å². The molecule has 0 aromatic heterocycles. The molecule has 1 aromatic rings. The molecule has 146 valence electrons. The number of phenols is 1. The molecule has 5 rings (SSSR count). The smallest absolute Gasteiger partial charge is 0.231 e. The number of ketones is 2. The maximum Gasteiger partial charge on any atom is 0.231 e. The van der Waals surface area contributed by atoms with Crippen molar-refractivity contribution in [2.45, 2.75) is 18.8 Å². The first-order valence-corrected chi connectivity index (χ1v) is 10.2. The first-order chi connectivity index (χ1) is 13.9. The molecule has 1 saturated heterocycles. The summed E-state index contributed by atoms with van der Waals surface area (Å²) in [5.41, 5.74) is 2.33. The molecule has 1 fully saturated rings. The maximum atomic E-state index is 12.9. The van der Waals surface area contributed by atoms with Gasteiger partial charge in [0.25, 0.3) is 0 Å². The highest BCUT2D eigenvalue weighted by Gasteiger charge is 2.53. The van der Waals surface area contributed by atoms with E-state index < -0.39 is 17.8 Å². The molecule has 7 heteroatoms. The van der Waals surface area contributed by atoms with Gasteiger partial charge >= 0.3 is 0 Å². The summed E-state index contributed by atoms with van der Waals surface area (Å²) >= 11 is 3.18. The lowest BCUT2D eigenvalue weighted by atomic mass is 9.59. The van der Waals surface area contributed by atoms with Gasteiger partial charge in [-0.05, 0) is 52.4 Å². The van der Waals surface area contributed by atoms with E-state index in [1.165, 1.54) is 12.1 Å². The molecule has 1 heterocycles. The fourth-order valence-corrected chi connectivity index (χ4v) is 5.65. The summed E-state index contributed by atoms with van der Waals surface area (Å²) in [6.07, 6.45) is 3.88. The Kier molecular flexibility index (Phi) is 4.00. The van der Waals surface area contributed by atoms with E-state index in [-0.39, 0.29) is 46.0 Å². The number of hydrogen-bond acceptors (Lipinski definition) is 5. The number of benzene rings is 1. The topological polar surface area (TPSA) is 101 Å². The highest BCUT2D eigenvalue weighted by molar-refractivity contribution is 9.12. The van der Waals surface area contributed by atoms with Gasteiger partial charge < -0.3 is 5.11 Å². The quantitative estimate of drug-likeness (QED) is 0.386. The number of hydrogen-bond donors (Lipinski definition) is 2. The Balaban J connectivity index is 1.73. The Bertz CT molecular complexity index is 1110. The predicted molar refractivity (Wildman–Crippen MR) is 106 cm³/mol. The molecule has 1 aromatic carbocycles. The standard InChI is InChI=1S/C22H16BrNO5/c23-15-8-16(26)19-14(20(15)27)7-13-11(17(19)9-2-1-3-10(25)6-9)4-5-12-18(13)22(29)24-21(12)28/h1-4,6,8,12-13,17-18,25H,5,7H2,(H,24,28,29). The molecule has 0 saturated carbocycles. The lowest BCUT2D eigenvalue weighted by Gasteiger charge is -2.42. The van der Waals surface area contributed by atoms with E-state index >= 15 is 0 Å². The number of fused-ring (bicyclic) bond motifs is 3. The first kappa shape index (κ1) is 18.2. The molecule has 6 nitrogen and oxygen atoms in total. The van der Waals surface area contributed by atoms with Crippen LogP contribution in [0.4, 0.5) is 0 Å². The Hall–Kier alpha value is -2.80. The number of halogens is 1. The van der Waals surface area contributed by atoms with Gasteiger partial charge in [0.05, 0.1) is 16.3 Å². The van der Waals surface area contributed by atoms with Gasteiger partial charge in [0, 0.05) is 23.1 Å². The molecule has 2 N–H and O–H groups in total. The highest BCUT2D eigenvalue weighted by atomic mass is 79.9. The number of amides is 2. The van der Waals surface area contributed by atoms with E-state index in [1.54, 1.807) is 18.2 Å². The van der Waals surface area contributed by atoms with Crippen molar-refractivity contribution in [3.8, 4) is 5.75 Å². The summed E-state index contributed by atoms with van der Waals surface area (Å²) in [5, 5.41) is 12.4. The first-order valence-electron chi connectivity index (χ1n) is 9.39. The zero-order valence-corrected chi connectivity index (χ0v) is 16.7. The second kappa shape index (κ2) is 6.35. The van der Waals surface area contributed by atoms with Gasteiger partial charge in [0.1, 0.15) is 5.75 Å². The molecular formula is C22H16BrNO5. The molecule has 4 unspecified atom stereocenters. The number of imide groups is 1. The largest absolute Gasteiger partial charge is 0.508 e. The summed E-state index contributed by atoms with van der Waals surface area (Å²) < 4.78 is 0.197. The van der Waals surface area contributed by atoms with Crippen LogP contribution in [0.1, 0.15) is 24.3 Å². The Morgan fingerprint density at radius 2 is 1.86 bits per heavy atom. The average molecular weight is 454 g/mol. The zero-order chi connectivity index (χ0) is 20.4. The Morgan fingerprint density at radius 1 is 1.07 bits per heavy atom. The summed E-state index contributed by atoms with van der Waals surface area (Å²) in [6.45, 7) is 0. The molecular weight excluding hydrogens is 438 g/mol. The minimum absolute atomic E-state index is 0.0566. The van der Waals surface area contributed by atoms with Gasteiger partial charge in [-0.15, -0.1) is 0 Å². The van der Waals surface area contributed by atoms with Gasteiger partial charge in [0.15, 0.2) is 11.6 Å².